The van der Waals surface area contributed by atoms with Gasteiger partial charge in [0, 0.05) is 12.1 Å². The first kappa shape index (κ1) is 15.4. The Balaban J connectivity index is 1.75. The number of aromatic nitrogens is 2. The molecule has 9 heteroatoms. The van der Waals surface area contributed by atoms with Crippen LogP contribution in [0.2, 0.25) is 0 Å². The molecule has 0 unspecified atom stereocenters. The Hall–Kier alpha value is -1.45. The number of nitrogens with zero attached hydrogens (tertiary/aromatic N) is 3. The number of sulfonamides is 1. The third-order valence-corrected chi connectivity index (χ3v) is 6.36. The number of hydrogen-bond acceptors (Lipinski definition) is 7. The maximum atomic E-state index is 12.2. The molecule has 0 atom stereocenters. The number of fused-ring (bicyclic) bond motifs is 1. The summed E-state index contributed by atoms with van der Waals surface area (Å²) in [7, 11) is -3.26. The van der Waals surface area contributed by atoms with Gasteiger partial charge in [-0.1, -0.05) is 23.1 Å². The number of benzene rings is 1. The molecule has 3 rings (SSSR count). The first-order valence-electron chi connectivity index (χ1n) is 6.48. The minimum atomic E-state index is -3.26. The van der Waals surface area contributed by atoms with Crippen molar-refractivity contribution in [1.29, 1.82) is 0 Å². The van der Waals surface area contributed by atoms with Crippen molar-refractivity contribution in [2.45, 2.75) is 10.8 Å². The maximum Gasteiger partial charge on any atom is 0.232 e. The summed E-state index contributed by atoms with van der Waals surface area (Å²) < 4.78 is 25.5. The lowest BCUT2D eigenvalue weighted by atomic mass is 10.1. The van der Waals surface area contributed by atoms with Crippen molar-refractivity contribution < 1.29 is 13.2 Å². The molecular weight excluding hydrogens is 342 g/mol. The van der Waals surface area contributed by atoms with Gasteiger partial charge in [-0.25, -0.2) is 8.42 Å². The zero-order valence-corrected chi connectivity index (χ0v) is 14.2. The molecule has 1 aliphatic heterocycles. The van der Waals surface area contributed by atoms with E-state index < -0.39 is 10.0 Å². The van der Waals surface area contributed by atoms with Gasteiger partial charge in [-0.15, -0.1) is 10.2 Å². The van der Waals surface area contributed by atoms with Crippen molar-refractivity contribution >= 4 is 44.6 Å². The average Bonchev–Trinajstić information content (AvgIpc) is 3.12. The van der Waals surface area contributed by atoms with E-state index in [0.717, 1.165) is 9.90 Å². The normalized spacial score (nSPS) is 14.1. The summed E-state index contributed by atoms with van der Waals surface area (Å²) in [6, 6.07) is 5.20. The van der Waals surface area contributed by atoms with Crippen LogP contribution in [0.4, 0.5) is 5.69 Å². The van der Waals surface area contributed by atoms with Gasteiger partial charge in [-0.2, -0.15) is 0 Å². The molecule has 1 aliphatic rings. The Labute approximate surface area is 136 Å². The number of anilines is 1. The molecule has 6 nitrogen and oxygen atoms in total. The molecule has 0 spiro atoms. The van der Waals surface area contributed by atoms with E-state index in [0.29, 0.717) is 30.0 Å². The van der Waals surface area contributed by atoms with E-state index in [4.69, 9.17) is 0 Å². The summed E-state index contributed by atoms with van der Waals surface area (Å²) in [5.41, 5.74) is 3.81. The van der Waals surface area contributed by atoms with Crippen molar-refractivity contribution in [2.24, 2.45) is 0 Å². The first-order chi connectivity index (χ1) is 10.4. The fourth-order valence-electron chi connectivity index (χ4n) is 2.33. The van der Waals surface area contributed by atoms with Gasteiger partial charge >= 0.3 is 0 Å². The summed E-state index contributed by atoms with van der Waals surface area (Å²) in [6.07, 6.45) is 1.83. The molecule has 22 heavy (non-hydrogen) atoms. The minimum Gasteiger partial charge on any atom is -0.293 e. The predicted octanol–water partition coefficient (Wildman–Crippen LogP) is 1.84. The highest BCUT2D eigenvalue weighted by Crippen LogP contribution is 2.31. The van der Waals surface area contributed by atoms with E-state index in [1.807, 2.05) is 0 Å². The Morgan fingerprint density at radius 1 is 1.45 bits per heavy atom. The third kappa shape index (κ3) is 3.16. The van der Waals surface area contributed by atoms with E-state index in [1.165, 1.54) is 33.7 Å². The van der Waals surface area contributed by atoms with Gasteiger partial charge in [0.15, 0.2) is 10.1 Å². The number of hydrogen-bond donors (Lipinski definition) is 0. The molecule has 1 aromatic heterocycles. The molecule has 0 amide bonds. The summed E-state index contributed by atoms with van der Waals surface area (Å²) in [4.78, 5) is 12.2. The van der Waals surface area contributed by atoms with Crippen LogP contribution < -0.4 is 4.31 Å². The highest BCUT2D eigenvalue weighted by atomic mass is 32.2. The summed E-state index contributed by atoms with van der Waals surface area (Å²) in [6.45, 7) is 0.436. The quantitative estimate of drug-likeness (QED) is 0.601. The monoisotopic (exact) mass is 355 g/mol. The van der Waals surface area contributed by atoms with Crippen molar-refractivity contribution in [2.75, 3.05) is 22.9 Å². The van der Waals surface area contributed by atoms with Gasteiger partial charge in [-0.05, 0) is 30.2 Å². The van der Waals surface area contributed by atoms with Crippen LogP contribution in [0.3, 0.4) is 0 Å². The number of carbonyl (C=O) groups is 1. The number of carbonyl (C=O) groups excluding carboxylic acids is 1. The molecule has 116 valence electrons. The van der Waals surface area contributed by atoms with Crippen LogP contribution in [0, 0.1) is 0 Å². The van der Waals surface area contributed by atoms with Gasteiger partial charge < -0.3 is 0 Å². The number of ketones is 1. The molecular formula is C13H13N3O3S3. The minimum absolute atomic E-state index is 0.000746. The fraction of sp³-hybridized carbons (Fsp3) is 0.308. The molecule has 1 aromatic carbocycles. The SMILES string of the molecule is CS(=O)(=O)N1CCc2cc(C(=O)CSc3nncs3)ccc21. The van der Waals surface area contributed by atoms with Crippen molar-refractivity contribution in [1.82, 2.24) is 10.2 Å². The molecule has 0 radical (unpaired) electrons. The Bertz CT molecular complexity index is 803. The highest BCUT2D eigenvalue weighted by Gasteiger charge is 2.26. The first-order valence-corrected chi connectivity index (χ1v) is 10.2. The van der Waals surface area contributed by atoms with Gasteiger partial charge in [0.2, 0.25) is 10.0 Å². The molecule has 2 aromatic rings. The second-order valence-electron chi connectivity index (χ2n) is 4.85. The number of Topliss-reactive ketones (excluding diaryl/α,β-unsaturated/α-hetero) is 1. The molecule has 0 saturated heterocycles. The maximum absolute atomic E-state index is 12.2. The molecule has 0 aliphatic carbocycles. The van der Waals surface area contributed by atoms with E-state index in [2.05, 4.69) is 10.2 Å². The lowest BCUT2D eigenvalue weighted by Gasteiger charge is -2.16. The standard InChI is InChI=1S/C13H13N3O3S3/c1-22(18,19)16-5-4-9-6-10(2-3-11(9)16)12(17)7-20-13-15-14-8-21-13/h2-3,6,8H,4-5,7H2,1H3. The van der Waals surface area contributed by atoms with Crippen LogP contribution in [-0.4, -0.2) is 43.0 Å². The van der Waals surface area contributed by atoms with Crippen LogP contribution in [0.15, 0.2) is 28.0 Å². The van der Waals surface area contributed by atoms with Gasteiger partial charge in [-0.3, -0.25) is 9.10 Å². The van der Waals surface area contributed by atoms with Crippen molar-refractivity contribution in [3.05, 3.63) is 34.8 Å². The zero-order chi connectivity index (χ0) is 15.7. The zero-order valence-electron chi connectivity index (χ0n) is 11.7. The largest absolute Gasteiger partial charge is 0.293 e. The number of rotatable bonds is 5. The van der Waals surface area contributed by atoms with Crippen molar-refractivity contribution in [3.63, 3.8) is 0 Å². The van der Waals surface area contributed by atoms with E-state index >= 15 is 0 Å². The van der Waals surface area contributed by atoms with Gasteiger partial charge in [0.25, 0.3) is 0 Å². The Morgan fingerprint density at radius 2 is 2.27 bits per heavy atom. The van der Waals surface area contributed by atoms with Crippen molar-refractivity contribution in [3.8, 4) is 0 Å². The fourth-order valence-corrected chi connectivity index (χ4v) is 4.67. The van der Waals surface area contributed by atoms with E-state index in [1.54, 1.807) is 23.7 Å². The topological polar surface area (TPSA) is 80.2 Å². The second kappa shape index (κ2) is 5.98. The lowest BCUT2D eigenvalue weighted by molar-refractivity contribution is 0.102. The summed E-state index contributed by atoms with van der Waals surface area (Å²) in [5.74, 6) is 0.296. The molecule has 0 fully saturated rings. The predicted molar refractivity (Wildman–Crippen MR) is 87.3 cm³/mol. The molecule has 2 heterocycles. The Morgan fingerprint density at radius 3 is 2.95 bits per heavy atom. The van der Waals surface area contributed by atoms with Gasteiger partial charge in [0.05, 0.1) is 17.7 Å². The smallest absolute Gasteiger partial charge is 0.232 e. The summed E-state index contributed by atoms with van der Waals surface area (Å²) in [5, 5.41) is 7.61. The van der Waals surface area contributed by atoms with Crippen LogP contribution in [0.25, 0.3) is 0 Å². The second-order valence-corrected chi connectivity index (χ2v) is 8.81. The van der Waals surface area contributed by atoms with Crippen LogP contribution in [-0.2, 0) is 16.4 Å². The highest BCUT2D eigenvalue weighted by molar-refractivity contribution is 8.01. The lowest BCUT2D eigenvalue weighted by Crippen LogP contribution is -2.27. The average molecular weight is 355 g/mol. The third-order valence-electron chi connectivity index (χ3n) is 3.32. The summed E-state index contributed by atoms with van der Waals surface area (Å²) >= 11 is 2.76. The van der Waals surface area contributed by atoms with E-state index in [-0.39, 0.29) is 5.78 Å². The van der Waals surface area contributed by atoms with Crippen LogP contribution >= 0.6 is 23.1 Å². The van der Waals surface area contributed by atoms with Crippen LogP contribution in [0.1, 0.15) is 15.9 Å². The van der Waals surface area contributed by atoms with Gasteiger partial charge in [0.1, 0.15) is 5.51 Å². The van der Waals surface area contributed by atoms with Crippen LogP contribution in [0.5, 0.6) is 0 Å². The number of thioether (sulfide) groups is 1. The molecule has 0 N–H and O–H groups in total. The van der Waals surface area contributed by atoms with E-state index in [9.17, 15) is 13.2 Å². The molecule has 0 bridgehead atoms. The molecule has 0 saturated carbocycles. The Kier molecular flexibility index (Phi) is 4.20.